The third-order valence-corrected chi connectivity index (χ3v) is 6.91. The summed E-state index contributed by atoms with van der Waals surface area (Å²) in [7, 11) is 0. The van der Waals surface area contributed by atoms with Crippen molar-refractivity contribution < 1.29 is 24.4 Å². The van der Waals surface area contributed by atoms with Crippen LogP contribution in [0.4, 0.5) is 5.13 Å². The van der Waals surface area contributed by atoms with E-state index >= 15 is 0 Å². The highest BCUT2D eigenvalue weighted by Crippen LogP contribution is 2.41. The van der Waals surface area contributed by atoms with Gasteiger partial charge in [-0.15, -0.1) is 23.1 Å². The van der Waals surface area contributed by atoms with Crippen LogP contribution in [0, 0.1) is 0 Å². The molecule has 14 heteroatoms. The summed E-state index contributed by atoms with van der Waals surface area (Å²) in [6, 6.07) is -0.908. The third-order valence-electron chi connectivity index (χ3n) is 4.69. The van der Waals surface area contributed by atoms with Crippen molar-refractivity contribution in [1.29, 1.82) is 0 Å². The topological polar surface area (TPSA) is 167 Å². The van der Waals surface area contributed by atoms with Gasteiger partial charge in [0, 0.05) is 24.1 Å². The molecule has 1 aromatic rings. The van der Waals surface area contributed by atoms with Crippen molar-refractivity contribution >= 4 is 69.4 Å². The molecular formula is C17H20N6O5S3. The molecule has 3 heterocycles. The second-order valence-electron chi connectivity index (χ2n) is 6.59. The molecule has 0 aromatic carbocycles. The molecule has 3 rings (SSSR count). The number of carbonyl (C=O) groups excluding carboxylic acids is 4. The molecule has 166 valence electrons. The molecule has 0 aliphatic carbocycles. The number of carbonyl (C=O) groups is 4. The Hall–Kier alpha value is -2.58. The van der Waals surface area contributed by atoms with Crippen molar-refractivity contribution in [2.75, 3.05) is 18.0 Å². The first-order chi connectivity index (χ1) is 14.8. The van der Waals surface area contributed by atoms with Crippen LogP contribution in [0.5, 0.6) is 0 Å². The standard InChI is InChI=1S/C17H20N6O5S3/c1-2-9(24)19-4-3-7-5-30-15-11(14(26)23(15)12(7)16(27)29)21-13(25)10(22-28)8-6-31-17(18)20-8/h6,11,15,28H,2-5H2,1H3,(H2,18,20)(H,19,24)(H,21,25)(H,27,29)/b22-10-/t11?,15-/m1/s1. The molecule has 5 N–H and O–H groups in total. The van der Waals surface area contributed by atoms with E-state index in [0.717, 1.165) is 11.3 Å². The highest BCUT2D eigenvalue weighted by atomic mass is 32.2. The predicted octanol–water partition coefficient (Wildman–Crippen LogP) is -0.0697. The molecule has 11 nitrogen and oxygen atoms in total. The van der Waals surface area contributed by atoms with Crippen molar-refractivity contribution in [3.05, 3.63) is 22.3 Å². The van der Waals surface area contributed by atoms with Gasteiger partial charge in [-0.05, 0) is 12.0 Å². The van der Waals surface area contributed by atoms with E-state index in [1.165, 1.54) is 22.0 Å². The fourth-order valence-corrected chi connectivity index (χ4v) is 5.37. The number of nitrogens with one attached hydrogen (secondary N) is 2. The molecule has 1 fully saturated rings. The van der Waals surface area contributed by atoms with E-state index in [0.29, 0.717) is 30.7 Å². The normalized spacial score (nSPS) is 20.8. The van der Waals surface area contributed by atoms with E-state index in [-0.39, 0.29) is 28.1 Å². The number of anilines is 1. The van der Waals surface area contributed by atoms with Crippen molar-refractivity contribution in [3.8, 4) is 0 Å². The summed E-state index contributed by atoms with van der Waals surface area (Å²) in [6.45, 7) is 2.08. The maximum absolute atomic E-state index is 12.7. The first kappa shape index (κ1) is 23.1. The summed E-state index contributed by atoms with van der Waals surface area (Å²) in [5.41, 5.74) is 6.14. The van der Waals surface area contributed by atoms with Crippen LogP contribution in [0.1, 0.15) is 25.5 Å². The van der Waals surface area contributed by atoms with Gasteiger partial charge in [-0.25, -0.2) is 4.98 Å². The number of amides is 3. The molecule has 1 aromatic heterocycles. The van der Waals surface area contributed by atoms with Gasteiger partial charge in [0.05, 0.1) is 5.70 Å². The Kier molecular flexibility index (Phi) is 7.23. The number of oxime groups is 1. The number of thiol groups is 1. The molecule has 2 atom stereocenters. The number of hydrogen-bond acceptors (Lipinski definition) is 10. The quantitative estimate of drug-likeness (QED) is 0.112. The molecule has 0 saturated carbocycles. The van der Waals surface area contributed by atoms with Gasteiger partial charge < -0.3 is 21.6 Å². The average molecular weight is 485 g/mol. The lowest BCUT2D eigenvalue weighted by Crippen LogP contribution is -2.70. The summed E-state index contributed by atoms with van der Waals surface area (Å²) < 4.78 is 0. The molecule has 31 heavy (non-hydrogen) atoms. The highest BCUT2D eigenvalue weighted by molar-refractivity contribution is 8.00. The Labute approximate surface area is 190 Å². The van der Waals surface area contributed by atoms with Crippen LogP contribution in [0.15, 0.2) is 21.8 Å². The van der Waals surface area contributed by atoms with Gasteiger partial charge in [-0.3, -0.25) is 24.1 Å². The van der Waals surface area contributed by atoms with E-state index in [2.05, 4.69) is 33.4 Å². The third kappa shape index (κ3) is 4.70. The minimum Gasteiger partial charge on any atom is -0.410 e. The number of β-lactam (4-membered cyclic amide) rings is 1. The molecule has 1 unspecified atom stereocenters. The molecule has 2 aliphatic heterocycles. The van der Waals surface area contributed by atoms with Gasteiger partial charge >= 0.3 is 0 Å². The zero-order valence-corrected chi connectivity index (χ0v) is 18.9. The Balaban J connectivity index is 1.71. The summed E-state index contributed by atoms with van der Waals surface area (Å²) in [5.74, 6) is -0.935. The van der Waals surface area contributed by atoms with Crippen molar-refractivity contribution in [2.45, 2.75) is 31.2 Å². The lowest BCUT2D eigenvalue weighted by atomic mass is 10.0. The van der Waals surface area contributed by atoms with Crippen LogP contribution in [-0.2, 0) is 19.2 Å². The van der Waals surface area contributed by atoms with E-state index in [4.69, 9.17) is 5.73 Å². The number of nitrogen functional groups attached to an aromatic ring is 1. The van der Waals surface area contributed by atoms with Gasteiger partial charge in [0.1, 0.15) is 17.1 Å². The van der Waals surface area contributed by atoms with Crippen LogP contribution >= 0.6 is 35.7 Å². The molecule has 0 spiro atoms. The second-order valence-corrected chi connectivity index (χ2v) is 8.99. The fraction of sp³-hybridized carbons (Fsp3) is 0.412. The van der Waals surface area contributed by atoms with Gasteiger partial charge in [-0.2, -0.15) is 0 Å². The van der Waals surface area contributed by atoms with Gasteiger partial charge in [0.25, 0.3) is 11.8 Å². The van der Waals surface area contributed by atoms with Crippen LogP contribution in [0.3, 0.4) is 0 Å². The maximum atomic E-state index is 12.7. The monoisotopic (exact) mass is 484 g/mol. The minimum absolute atomic E-state index is 0.0879. The number of thiazole rings is 1. The summed E-state index contributed by atoms with van der Waals surface area (Å²) in [6.07, 6.45) is 0.757. The molecule has 1 saturated heterocycles. The van der Waals surface area contributed by atoms with Gasteiger partial charge in [0.2, 0.25) is 11.0 Å². The number of fused-ring (bicyclic) bond motifs is 1. The maximum Gasteiger partial charge on any atom is 0.276 e. The number of nitrogens with two attached hydrogens (primary N) is 1. The molecule has 0 radical (unpaired) electrons. The van der Waals surface area contributed by atoms with E-state index in [1.54, 1.807) is 6.92 Å². The summed E-state index contributed by atoms with van der Waals surface area (Å²) >= 11 is 6.36. The predicted molar refractivity (Wildman–Crippen MR) is 119 cm³/mol. The number of nitrogens with zero attached hydrogens (tertiary/aromatic N) is 3. The zero-order chi connectivity index (χ0) is 22.7. The van der Waals surface area contributed by atoms with E-state index in [9.17, 15) is 24.4 Å². The second kappa shape index (κ2) is 9.70. The van der Waals surface area contributed by atoms with Crippen molar-refractivity contribution in [2.24, 2.45) is 5.16 Å². The highest BCUT2D eigenvalue weighted by Gasteiger charge is 2.53. The number of thioether (sulfide) groups is 1. The molecule has 0 bridgehead atoms. The Morgan fingerprint density at radius 3 is 2.77 bits per heavy atom. The molecular weight excluding hydrogens is 464 g/mol. The van der Waals surface area contributed by atoms with Crippen LogP contribution < -0.4 is 16.4 Å². The Bertz CT molecular complexity index is 991. The molecule has 3 amide bonds. The van der Waals surface area contributed by atoms with E-state index in [1.807, 2.05) is 0 Å². The number of rotatable bonds is 8. The molecule has 2 aliphatic rings. The summed E-state index contributed by atoms with van der Waals surface area (Å²) in [5, 5.41) is 18.0. The lowest BCUT2D eigenvalue weighted by molar-refractivity contribution is -0.146. The van der Waals surface area contributed by atoms with E-state index < -0.39 is 28.3 Å². The van der Waals surface area contributed by atoms with Gasteiger partial charge in [0.15, 0.2) is 10.8 Å². The number of aromatic nitrogens is 1. The Morgan fingerprint density at radius 1 is 1.45 bits per heavy atom. The average Bonchev–Trinajstić information content (AvgIpc) is 3.17. The Morgan fingerprint density at radius 2 is 2.19 bits per heavy atom. The number of hydrogen-bond donors (Lipinski definition) is 5. The van der Waals surface area contributed by atoms with Gasteiger partial charge in [-0.1, -0.05) is 24.7 Å². The SMILES string of the molecule is CCC(=O)NCCC1=C(C(=O)S)N2C(=O)C(NC(=O)/C(=N\O)c3csc(N)n3)[C@H]2SC1. The van der Waals surface area contributed by atoms with Crippen molar-refractivity contribution in [3.63, 3.8) is 0 Å². The zero-order valence-electron chi connectivity index (χ0n) is 16.3. The van der Waals surface area contributed by atoms with Crippen LogP contribution in [0.2, 0.25) is 0 Å². The summed E-state index contributed by atoms with van der Waals surface area (Å²) in [4.78, 5) is 54.0. The fourth-order valence-electron chi connectivity index (χ4n) is 3.17. The van der Waals surface area contributed by atoms with Crippen LogP contribution in [-0.4, -0.2) is 67.4 Å². The first-order valence-electron chi connectivity index (χ1n) is 9.19. The van der Waals surface area contributed by atoms with Crippen LogP contribution in [0.25, 0.3) is 0 Å². The smallest absolute Gasteiger partial charge is 0.276 e. The lowest BCUT2D eigenvalue weighted by Gasteiger charge is -2.49. The van der Waals surface area contributed by atoms with Crippen molar-refractivity contribution in [1.82, 2.24) is 20.5 Å². The first-order valence-corrected chi connectivity index (χ1v) is 11.6. The minimum atomic E-state index is -0.908. The largest absolute Gasteiger partial charge is 0.410 e.